The van der Waals surface area contributed by atoms with E-state index in [-0.39, 0.29) is 12.5 Å². The fourth-order valence-electron chi connectivity index (χ4n) is 3.30. The second-order valence-electron chi connectivity index (χ2n) is 6.67. The van der Waals surface area contributed by atoms with Gasteiger partial charge in [-0.15, -0.1) is 0 Å². The number of aliphatic hydroxyl groups excluding tert-OH is 1. The van der Waals surface area contributed by atoms with Crippen molar-refractivity contribution >= 4 is 5.91 Å². The first-order valence-corrected chi connectivity index (χ1v) is 7.77. The monoisotopic (exact) mass is 284 g/mol. The highest BCUT2D eigenvalue weighted by Gasteiger charge is 2.43. The normalized spacial score (nSPS) is 33.6. The van der Waals surface area contributed by atoms with Crippen molar-refractivity contribution in [2.75, 3.05) is 26.4 Å². The zero-order valence-corrected chi connectivity index (χ0v) is 12.5. The standard InChI is InChI=1S/C15H28N2O3/c1-12-2-4-14(10-16,5-3-12)13(19)17-15(11-18)6-8-20-9-7-15/h12,18H,2-11,16H2,1H3,(H,17,19). The van der Waals surface area contributed by atoms with Crippen LogP contribution >= 0.6 is 0 Å². The fraction of sp³-hybridized carbons (Fsp3) is 0.933. The number of rotatable bonds is 4. The topological polar surface area (TPSA) is 84.6 Å². The summed E-state index contributed by atoms with van der Waals surface area (Å²) in [5, 5.41) is 12.8. The molecule has 0 aromatic rings. The summed E-state index contributed by atoms with van der Waals surface area (Å²) in [6.07, 6.45) is 5.17. The number of ether oxygens (including phenoxy) is 1. The van der Waals surface area contributed by atoms with Crippen LogP contribution in [0.1, 0.15) is 45.4 Å². The van der Waals surface area contributed by atoms with E-state index in [1.807, 2.05) is 0 Å². The van der Waals surface area contributed by atoms with E-state index >= 15 is 0 Å². The van der Waals surface area contributed by atoms with Gasteiger partial charge in [-0.3, -0.25) is 4.79 Å². The molecule has 1 amide bonds. The van der Waals surface area contributed by atoms with E-state index in [0.717, 1.165) is 25.7 Å². The van der Waals surface area contributed by atoms with E-state index in [0.29, 0.717) is 38.5 Å². The van der Waals surface area contributed by atoms with Crippen molar-refractivity contribution in [2.24, 2.45) is 17.1 Å². The largest absolute Gasteiger partial charge is 0.394 e. The molecule has 2 aliphatic rings. The third-order valence-electron chi connectivity index (χ3n) is 5.24. The molecule has 0 bridgehead atoms. The maximum atomic E-state index is 12.7. The molecule has 5 heteroatoms. The number of hydrogen-bond donors (Lipinski definition) is 3. The van der Waals surface area contributed by atoms with Crippen LogP contribution in [-0.2, 0) is 9.53 Å². The van der Waals surface area contributed by atoms with Gasteiger partial charge in [-0.1, -0.05) is 6.92 Å². The predicted octanol–water partition coefficient (Wildman–Crippen LogP) is 0.799. The maximum absolute atomic E-state index is 12.7. The lowest BCUT2D eigenvalue weighted by atomic mass is 9.69. The third-order valence-corrected chi connectivity index (χ3v) is 5.24. The summed E-state index contributed by atoms with van der Waals surface area (Å²) in [6, 6.07) is 0. The number of aliphatic hydroxyl groups is 1. The van der Waals surface area contributed by atoms with Crippen LogP contribution in [0, 0.1) is 11.3 Å². The Morgan fingerprint density at radius 1 is 1.30 bits per heavy atom. The molecule has 116 valence electrons. The molecule has 1 saturated carbocycles. The Kier molecular flexibility index (Phi) is 5.04. The van der Waals surface area contributed by atoms with Gasteiger partial charge in [-0.2, -0.15) is 0 Å². The first-order chi connectivity index (χ1) is 9.56. The highest BCUT2D eigenvalue weighted by atomic mass is 16.5. The Bertz CT molecular complexity index is 332. The minimum atomic E-state index is -0.513. The van der Waals surface area contributed by atoms with Crippen LogP contribution in [-0.4, -0.2) is 42.9 Å². The first kappa shape index (κ1) is 15.7. The molecule has 1 heterocycles. The molecule has 0 spiro atoms. The summed E-state index contributed by atoms with van der Waals surface area (Å²) in [5.74, 6) is 0.709. The third kappa shape index (κ3) is 3.15. The molecule has 20 heavy (non-hydrogen) atoms. The average molecular weight is 284 g/mol. The molecular formula is C15H28N2O3. The van der Waals surface area contributed by atoms with Gasteiger partial charge in [-0.05, 0) is 44.4 Å². The summed E-state index contributed by atoms with van der Waals surface area (Å²) >= 11 is 0. The number of carbonyl (C=O) groups is 1. The number of carbonyl (C=O) groups excluding carboxylic acids is 1. The SMILES string of the molecule is CC1CCC(CN)(C(=O)NC2(CO)CCOCC2)CC1. The van der Waals surface area contributed by atoms with Crippen LogP contribution in [0.5, 0.6) is 0 Å². The molecule has 2 fully saturated rings. The molecule has 0 aromatic heterocycles. The Labute approximate surface area is 121 Å². The second kappa shape index (κ2) is 6.41. The van der Waals surface area contributed by atoms with Gasteiger partial charge in [0.15, 0.2) is 0 Å². The van der Waals surface area contributed by atoms with Gasteiger partial charge in [0.2, 0.25) is 5.91 Å². The number of amides is 1. The highest BCUT2D eigenvalue weighted by Crippen LogP contribution is 2.39. The smallest absolute Gasteiger partial charge is 0.228 e. The molecule has 1 aliphatic heterocycles. The van der Waals surface area contributed by atoms with Gasteiger partial charge in [0.05, 0.1) is 17.6 Å². The molecule has 0 atom stereocenters. The maximum Gasteiger partial charge on any atom is 0.228 e. The van der Waals surface area contributed by atoms with Crippen LogP contribution in [0.4, 0.5) is 0 Å². The van der Waals surface area contributed by atoms with Crippen LogP contribution < -0.4 is 11.1 Å². The second-order valence-corrected chi connectivity index (χ2v) is 6.67. The van der Waals surface area contributed by atoms with Crippen molar-refractivity contribution in [3.05, 3.63) is 0 Å². The molecule has 0 unspecified atom stereocenters. The number of hydrogen-bond acceptors (Lipinski definition) is 4. The van der Waals surface area contributed by atoms with E-state index in [2.05, 4.69) is 12.2 Å². The molecule has 0 radical (unpaired) electrons. The highest BCUT2D eigenvalue weighted by molar-refractivity contribution is 5.83. The molecule has 5 nitrogen and oxygen atoms in total. The molecule has 1 saturated heterocycles. The summed E-state index contributed by atoms with van der Waals surface area (Å²) in [5.41, 5.74) is 4.98. The zero-order chi connectivity index (χ0) is 14.6. The van der Waals surface area contributed by atoms with Crippen molar-refractivity contribution in [3.8, 4) is 0 Å². The van der Waals surface area contributed by atoms with Crippen LogP contribution in [0.3, 0.4) is 0 Å². The minimum Gasteiger partial charge on any atom is -0.394 e. The van der Waals surface area contributed by atoms with E-state index in [1.165, 1.54) is 0 Å². The minimum absolute atomic E-state index is 0.0286. The van der Waals surface area contributed by atoms with Gasteiger partial charge in [0.25, 0.3) is 0 Å². The first-order valence-electron chi connectivity index (χ1n) is 7.77. The molecule has 0 aromatic carbocycles. The van der Waals surface area contributed by atoms with Crippen molar-refractivity contribution in [1.29, 1.82) is 0 Å². The van der Waals surface area contributed by atoms with E-state index in [1.54, 1.807) is 0 Å². The quantitative estimate of drug-likeness (QED) is 0.713. The molecule has 2 rings (SSSR count). The Hall–Kier alpha value is -0.650. The van der Waals surface area contributed by atoms with Gasteiger partial charge < -0.3 is 20.9 Å². The average Bonchev–Trinajstić information content (AvgIpc) is 2.49. The lowest BCUT2D eigenvalue weighted by Crippen LogP contribution is -2.60. The van der Waals surface area contributed by atoms with Crippen LogP contribution in [0.25, 0.3) is 0 Å². The summed E-state index contributed by atoms with van der Waals surface area (Å²) in [6.45, 7) is 3.77. The van der Waals surface area contributed by atoms with Crippen molar-refractivity contribution in [1.82, 2.24) is 5.32 Å². The number of nitrogens with two attached hydrogens (primary N) is 1. The van der Waals surface area contributed by atoms with Crippen LogP contribution in [0.15, 0.2) is 0 Å². The zero-order valence-electron chi connectivity index (χ0n) is 12.5. The van der Waals surface area contributed by atoms with Crippen molar-refractivity contribution < 1.29 is 14.6 Å². The Morgan fingerprint density at radius 3 is 2.40 bits per heavy atom. The number of nitrogens with one attached hydrogen (secondary N) is 1. The van der Waals surface area contributed by atoms with E-state index in [9.17, 15) is 9.90 Å². The van der Waals surface area contributed by atoms with E-state index in [4.69, 9.17) is 10.5 Å². The van der Waals surface area contributed by atoms with Crippen molar-refractivity contribution in [3.63, 3.8) is 0 Å². The van der Waals surface area contributed by atoms with Gasteiger partial charge >= 0.3 is 0 Å². The molecule has 4 N–H and O–H groups in total. The van der Waals surface area contributed by atoms with Crippen LogP contribution in [0.2, 0.25) is 0 Å². The lowest BCUT2D eigenvalue weighted by molar-refractivity contribution is -0.137. The fourth-order valence-corrected chi connectivity index (χ4v) is 3.30. The molecular weight excluding hydrogens is 256 g/mol. The summed E-state index contributed by atoms with van der Waals surface area (Å²) in [7, 11) is 0. The Morgan fingerprint density at radius 2 is 1.90 bits per heavy atom. The summed E-state index contributed by atoms with van der Waals surface area (Å²) in [4.78, 5) is 12.7. The molecule has 1 aliphatic carbocycles. The predicted molar refractivity (Wildman–Crippen MR) is 77.1 cm³/mol. The lowest BCUT2D eigenvalue weighted by Gasteiger charge is -2.42. The van der Waals surface area contributed by atoms with Gasteiger partial charge in [0.1, 0.15) is 0 Å². The Balaban J connectivity index is 2.05. The van der Waals surface area contributed by atoms with Crippen molar-refractivity contribution in [2.45, 2.75) is 51.0 Å². The van der Waals surface area contributed by atoms with Gasteiger partial charge in [-0.25, -0.2) is 0 Å². The summed E-state index contributed by atoms with van der Waals surface area (Å²) < 4.78 is 5.33. The van der Waals surface area contributed by atoms with E-state index < -0.39 is 11.0 Å². The van der Waals surface area contributed by atoms with Gasteiger partial charge in [0, 0.05) is 19.8 Å².